The van der Waals surface area contributed by atoms with Gasteiger partial charge in [0.05, 0.1) is 12.7 Å². The molecule has 9 nitrogen and oxygen atoms in total. The van der Waals surface area contributed by atoms with Crippen LogP contribution >= 0.6 is 0 Å². The molecule has 1 atom stereocenters. The van der Waals surface area contributed by atoms with E-state index in [2.05, 4.69) is 21.6 Å². The summed E-state index contributed by atoms with van der Waals surface area (Å²) in [5.41, 5.74) is -0.867. The number of carbonyl (C=O) groups excluding carboxylic acids is 2. The lowest BCUT2D eigenvalue weighted by Gasteiger charge is -2.37. The van der Waals surface area contributed by atoms with Crippen molar-refractivity contribution in [3.63, 3.8) is 0 Å². The Kier molecular flexibility index (Phi) is 10.9. The molecule has 0 aromatic rings. The van der Waals surface area contributed by atoms with Crippen molar-refractivity contribution < 1.29 is 14.3 Å². The van der Waals surface area contributed by atoms with E-state index in [1.807, 2.05) is 25.8 Å². The number of ether oxygens (including phenoxy) is 1. The summed E-state index contributed by atoms with van der Waals surface area (Å²) in [6, 6.07) is 1.70. The molecule has 2 aliphatic rings. The van der Waals surface area contributed by atoms with Crippen molar-refractivity contribution in [2.45, 2.75) is 83.7 Å². The molecule has 0 spiro atoms. The fraction of sp³-hybridized carbons (Fsp3) is 0.833. The first-order valence-electron chi connectivity index (χ1n) is 12.5. The molecule has 186 valence electrons. The number of hydrogen-bond donors (Lipinski definition) is 2. The molecule has 2 N–H and O–H groups in total. The van der Waals surface area contributed by atoms with Crippen molar-refractivity contribution in [3.05, 3.63) is 0 Å². The second-order valence-electron chi connectivity index (χ2n) is 9.21. The summed E-state index contributed by atoms with van der Waals surface area (Å²) in [5, 5.41) is 15.7. The van der Waals surface area contributed by atoms with Gasteiger partial charge in [-0.1, -0.05) is 32.1 Å². The van der Waals surface area contributed by atoms with Crippen molar-refractivity contribution in [2.75, 3.05) is 39.8 Å². The van der Waals surface area contributed by atoms with E-state index in [9.17, 15) is 14.9 Å². The monoisotopic (exact) mass is 462 g/mol. The quantitative estimate of drug-likeness (QED) is 0.424. The minimum absolute atomic E-state index is 0.234. The fourth-order valence-corrected chi connectivity index (χ4v) is 4.66. The van der Waals surface area contributed by atoms with Gasteiger partial charge in [0.1, 0.15) is 11.6 Å². The van der Waals surface area contributed by atoms with Crippen LogP contribution in [-0.2, 0) is 9.53 Å². The van der Waals surface area contributed by atoms with Gasteiger partial charge in [0, 0.05) is 26.2 Å². The highest BCUT2D eigenvalue weighted by Crippen LogP contribution is 2.29. The number of amides is 2. The number of alkyl carbamates (subject to hydrolysis) is 1. The number of guanidine groups is 1. The van der Waals surface area contributed by atoms with E-state index in [0.29, 0.717) is 44.2 Å². The van der Waals surface area contributed by atoms with Gasteiger partial charge in [-0.25, -0.2) is 9.79 Å². The molecule has 9 heteroatoms. The average Bonchev–Trinajstić information content (AvgIpc) is 2.81. The molecule has 33 heavy (non-hydrogen) atoms. The SMILES string of the molecule is CCOC(=O)NC(=N[C@@H](CC1CCCCC1)C(=O)NC1(C#N)CCN(C)CC1)N(CC)CC. The van der Waals surface area contributed by atoms with Crippen molar-refractivity contribution in [1.29, 1.82) is 5.26 Å². The smallest absolute Gasteiger partial charge is 0.413 e. The highest BCUT2D eigenvalue weighted by atomic mass is 16.5. The zero-order chi connectivity index (χ0) is 24.3. The summed E-state index contributed by atoms with van der Waals surface area (Å²) in [7, 11) is 2.02. The Morgan fingerprint density at radius 1 is 1.18 bits per heavy atom. The van der Waals surface area contributed by atoms with Crippen LogP contribution < -0.4 is 10.6 Å². The molecule has 0 unspecified atom stereocenters. The van der Waals surface area contributed by atoms with Gasteiger partial charge in [-0.15, -0.1) is 0 Å². The zero-order valence-corrected chi connectivity index (χ0v) is 20.9. The van der Waals surface area contributed by atoms with Gasteiger partial charge in [0.25, 0.3) is 0 Å². The van der Waals surface area contributed by atoms with Gasteiger partial charge in [-0.2, -0.15) is 5.26 Å². The summed E-state index contributed by atoms with van der Waals surface area (Å²) in [5.74, 6) is 0.528. The molecule has 1 aliphatic heterocycles. The molecular formula is C24H42N6O3. The molecular weight excluding hydrogens is 420 g/mol. The molecule has 1 saturated carbocycles. The van der Waals surface area contributed by atoms with Crippen molar-refractivity contribution >= 4 is 18.0 Å². The van der Waals surface area contributed by atoms with Crippen LogP contribution in [-0.4, -0.2) is 79.2 Å². The molecule has 2 fully saturated rings. The second kappa shape index (κ2) is 13.4. The average molecular weight is 463 g/mol. The highest BCUT2D eigenvalue weighted by molar-refractivity contribution is 5.96. The van der Waals surface area contributed by atoms with Crippen molar-refractivity contribution in [3.8, 4) is 6.07 Å². The maximum absolute atomic E-state index is 13.5. The van der Waals surface area contributed by atoms with Crippen LogP contribution in [0.3, 0.4) is 0 Å². The predicted molar refractivity (Wildman–Crippen MR) is 129 cm³/mol. The summed E-state index contributed by atoms with van der Waals surface area (Å²) in [6.07, 6.45) is 6.95. The standard InChI is InChI=1S/C24H42N6O3/c1-5-30(6-2)22(27-23(32)33-7-3)26-20(17-19-11-9-8-10-12-19)21(31)28-24(18-25)13-15-29(4)16-14-24/h19-20H,5-17H2,1-4H3,(H,28,31)(H,26,27,32)/t20-/m0/s1. The highest BCUT2D eigenvalue weighted by Gasteiger charge is 2.38. The Bertz CT molecular complexity index is 701. The largest absolute Gasteiger partial charge is 0.450 e. The normalized spacial score (nSPS) is 20.4. The summed E-state index contributed by atoms with van der Waals surface area (Å²) < 4.78 is 5.06. The van der Waals surface area contributed by atoms with E-state index in [1.54, 1.807) is 6.92 Å². The maximum atomic E-state index is 13.5. The molecule has 0 bridgehead atoms. The first-order valence-corrected chi connectivity index (χ1v) is 12.5. The number of aliphatic imine (C=N–C) groups is 1. The Balaban J connectivity index is 2.30. The molecule has 0 aromatic heterocycles. The van der Waals surface area contributed by atoms with Gasteiger partial charge < -0.3 is 19.9 Å². The van der Waals surface area contributed by atoms with E-state index in [4.69, 9.17) is 9.73 Å². The number of likely N-dealkylation sites (tertiary alicyclic amines) is 1. The van der Waals surface area contributed by atoms with Crippen LogP contribution in [0, 0.1) is 17.2 Å². The molecule has 1 saturated heterocycles. The fourth-order valence-electron chi connectivity index (χ4n) is 4.66. The minimum Gasteiger partial charge on any atom is -0.450 e. The third-order valence-corrected chi connectivity index (χ3v) is 6.83. The number of rotatable bonds is 8. The topological polar surface area (TPSA) is 110 Å². The van der Waals surface area contributed by atoms with Gasteiger partial charge in [-0.3, -0.25) is 10.1 Å². The third kappa shape index (κ3) is 8.18. The number of carbonyl (C=O) groups is 2. The Hall–Kier alpha value is -2.34. The molecule has 1 aliphatic carbocycles. The second-order valence-corrected chi connectivity index (χ2v) is 9.21. The molecule has 2 rings (SSSR count). The summed E-state index contributed by atoms with van der Waals surface area (Å²) >= 11 is 0. The zero-order valence-electron chi connectivity index (χ0n) is 20.9. The van der Waals surface area contributed by atoms with Gasteiger partial charge in [-0.05, 0) is 53.0 Å². The lowest BCUT2D eigenvalue weighted by atomic mass is 9.84. The van der Waals surface area contributed by atoms with Crippen LogP contribution in [0.15, 0.2) is 4.99 Å². The van der Waals surface area contributed by atoms with Crippen molar-refractivity contribution in [1.82, 2.24) is 20.4 Å². The number of hydrogen-bond acceptors (Lipinski definition) is 6. The first kappa shape index (κ1) is 26.9. The van der Waals surface area contributed by atoms with Crippen LogP contribution in [0.1, 0.15) is 72.1 Å². The van der Waals surface area contributed by atoms with Gasteiger partial charge >= 0.3 is 6.09 Å². The van der Waals surface area contributed by atoms with Crippen molar-refractivity contribution in [2.24, 2.45) is 10.9 Å². The number of piperidine rings is 1. The molecule has 2 amide bonds. The van der Waals surface area contributed by atoms with E-state index >= 15 is 0 Å². The number of nitrogens with one attached hydrogen (secondary N) is 2. The van der Waals surface area contributed by atoms with Crippen LogP contribution in [0.2, 0.25) is 0 Å². The minimum atomic E-state index is -0.867. The van der Waals surface area contributed by atoms with Crippen LogP contribution in [0.5, 0.6) is 0 Å². The summed E-state index contributed by atoms with van der Waals surface area (Å²) in [6.45, 7) is 8.75. The predicted octanol–water partition coefficient (Wildman–Crippen LogP) is 2.87. The number of nitrogens with zero attached hydrogens (tertiary/aromatic N) is 4. The van der Waals surface area contributed by atoms with E-state index in [1.165, 1.54) is 19.3 Å². The van der Waals surface area contributed by atoms with E-state index in [-0.39, 0.29) is 12.5 Å². The maximum Gasteiger partial charge on any atom is 0.413 e. The third-order valence-electron chi connectivity index (χ3n) is 6.83. The Morgan fingerprint density at radius 3 is 2.36 bits per heavy atom. The van der Waals surface area contributed by atoms with E-state index in [0.717, 1.165) is 25.9 Å². The van der Waals surface area contributed by atoms with Crippen LogP contribution in [0.25, 0.3) is 0 Å². The lowest BCUT2D eigenvalue weighted by molar-refractivity contribution is -0.124. The molecule has 1 heterocycles. The Labute approximate surface area is 198 Å². The number of nitriles is 1. The lowest BCUT2D eigenvalue weighted by Crippen LogP contribution is -2.56. The van der Waals surface area contributed by atoms with E-state index < -0.39 is 17.7 Å². The molecule has 0 aromatic carbocycles. The summed E-state index contributed by atoms with van der Waals surface area (Å²) in [4.78, 5) is 34.6. The van der Waals surface area contributed by atoms with Gasteiger partial charge in [0.15, 0.2) is 0 Å². The first-order chi connectivity index (χ1) is 15.9. The Morgan fingerprint density at radius 2 is 1.82 bits per heavy atom. The van der Waals surface area contributed by atoms with Gasteiger partial charge in [0.2, 0.25) is 11.9 Å². The molecule has 0 radical (unpaired) electrons. The van der Waals surface area contributed by atoms with Crippen LogP contribution in [0.4, 0.5) is 4.79 Å².